The van der Waals surface area contributed by atoms with Crippen LogP contribution in [0.2, 0.25) is 0 Å². The predicted molar refractivity (Wildman–Crippen MR) is 66.6 cm³/mol. The van der Waals surface area contributed by atoms with E-state index in [2.05, 4.69) is 10.1 Å². The van der Waals surface area contributed by atoms with Crippen molar-refractivity contribution in [3.05, 3.63) is 11.7 Å². The second-order valence-electron chi connectivity index (χ2n) is 5.72. The van der Waals surface area contributed by atoms with Crippen LogP contribution >= 0.6 is 0 Å². The Balaban J connectivity index is 2.07. The van der Waals surface area contributed by atoms with Crippen molar-refractivity contribution in [2.24, 2.45) is 5.73 Å². The summed E-state index contributed by atoms with van der Waals surface area (Å²) in [4.78, 5) is 4.47. The summed E-state index contributed by atoms with van der Waals surface area (Å²) in [5.41, 5.74) is 5.46. The molecule has 1 aliphatic rings. The number of hydrogen-bond acceptors (Lipinski definition) is 4. The molecule has 0 unspecified atom stereocenters. The van der Waals surface area contributed by atoms with Gasteiger partial charge in [-0.15, -0.1) is 0 Å². The first-order chi connectivity index (χ1) is 8.07. The van der Waals surface area contributed by atoms with Gasteiger partial charge in [0.1, 0.15) is 0 Å². The minimum atomic E-state index is -0.511. The van der Waals surface area contributed by atoms with E-state index in [1.54, 1.807) is 0 Å². The summed E-state index contributed by atoms with van der Waals surface area (Å²) in [6.45, 7) is 3.81. The number of nitrogens with zero attached hydrogens (tertiary/aromatic N) is 2. The van der Waals surface area contributed by atoms with Crippen LogP contribution in [0.4, 0.5) is 0 Å². The Morgan fingerprint density at radius 2 is 1.71 bits per heavy atom. The summed E-state index contributed by atoms with van der Waals surface area (Å²) in [5.74, 6) is 1.86. The lowest BCUT2D eigenvalue weighted by atomic mass is 9.91. The fourth-order valence-electron chi connectivity index (χ4n) is 2.37. The lowest BCUT2D eigenvalue weighted by Crippen LogP contribution is -2.30. The summed E-state index contributed by atoms with van der Waals surface area (Å²) in [6, 6.07) is 0. The van der Waals surface area contributed by atoms with Crippen molar-refractivity contribution in [1.29, 1.82) is 0 Å². The van der Waals surface area contributed by atoms with Crippen molar-refractivity contribution in [2.75, 3.05) is 0 Å². The van der Waals surface area contributed by atoms with Crippen molar-refractivity contribution < 1.29 is 4.52 Å². The van der Waals surface area contributed by atoms with Gasteiger partial charge in [-0.25, -0.2) is 0 Å². The molecule has 0 aliphatic heterocycles. The molecule has 17 heavy (non-hydrogen) atoms. The van der Waals surface area contributed by atoms with E-state index in [0.717, 1.165) is 5.89 Å². The zero-order chi connectivity index (χ0) is 12.3. The van der Waals surface area contributed by atoms with Gasteiger partial charge >= 0.3 is 0 Å². The molecule has 1 aliphatic carbocycles. The van der Waals surface area contributed by atoms with Gasteiger partial charge in [0.25, 0.3) is 0 Å². The monoisotopic (exact) mass is 237 g/mol. The minimum Gasteiger partial charge on any atom is -0.339 e. The lowest BCUT2D eigenvalue weighted by Gasteiger charge is -2.16. The van der Waals surface area contributed by atoms with Crippen LogP contribution in [0, 0.1) is 0 Å². The fourth-order valence-corrected chi connectivity index (χ4v) is 2.37. The molecule has 1 aromatic rings. The molecule has 96 valence electrons. The van der Waals surface area contributed by atoms with Gasteiger partial charge in [0.15, 0.2) is 5.82 Å². The van der Waals surface area contributed by atoms with Gasteiger partial charge in [-0.2, -0.15) is 4.98 Å². The largest absolute Gasteiger partial charge is 0.339 e. The molecule has 0 amide bonds. The average Bonchev–Trinajstić information content (AvgIpc) is 2.65. The SMILES string of the molecule is CC(C)(N)c1noc(C2CCCCCCC2)n1. The second-order valence-corrected chi connectivity index (χ2v) is 5.72. The van der Waals surface area contributed by atoms with Crippen molar-refractivity contribution in [1.82, 2.24) is 10.1 Å². The Kier molecular flexibility index (Phi) is 3.82. The van der Waals surface area contributed by atoms with E-state index in [0.29, 0.717) is 11.7 Å². The highest BCUT2D eigenvalue weighted by molar-refractivity contribution is 5.02. The van der Waals surface area contributed by atoms with E-state index >= 15 is 0 Å². The van der Waals surface area contributed by atoms with E-state index < -0.39 is 5.54 Å². The maximum atomic E-state index is 5.97. The first-order valence-corrected chi connectivity index (χ1v) is 6.70. The Hall–Kier alpha value is -0.900. The van der Waals surface area contributed by atoms with Crippen molar-refractivity contribution >= 4 is 0 Å². The maximum Gasteiger partial charge on any atom is 0.229 e. The molecular formula is C13H23N3O. The molecule has 0 spiro atoms. The molecule has 0 bridgehead atoms. The highest BCUT2D eigenvalue weighted by Gasteiger charge is 2.25. The molecule has 0 radical (unpaired) electrons. The Bertz CT molecular complexity index is 346. The van der Waals surface area contributed by atoms with Gasteiger partial charge in [-0.1, -0.05) is 37.3 Å². The third-order valence-corrected chi connectivity index (χ3v) is 3.47. The maximum absolute atomic E-state index is 5.97. The molecule has 0 atom stereocenters. The Morgan fingerprint density at radius 1 is 1.12 bits per heavy atom. The van der Waals surface area contributed by atoms with E-state index in [1.807, 2.05) is 13.8 Å². The summed E-state index contributed by atoms with van der Waals surface area (Å²) >= 11 is 0. The summed E-state index contributed by atoms with van der Waals surface area (Å²) in [7, 11) is 0. The van der Waals surface area contributed by atoms with Gasteiger partial charge in [0.2, 0.25) is 5.89 Å². The number of nitrogens with two attached hydrogens (primary N) is 1. The minimum absolute atomic E-state index is 0.443. The average molecular weight is 237 g/mol. The van der Waals surface area contributed by atoms with Crippen LogP contribution in [0.15, 0.2) is 4.52 Å². The number of hydrogen-bond donors (Lipinski definition) is 1. The van der Waals surface area contributed by atoms with Gasteiger partial charge < -0.3 is 10.3 Å². The Labute approximate surface area is 103 Å². The zero-order valence-electron chi connectivity index (χ0n) is 10.9. The number of rotatable bonds is 2. The van der Waals surface area contributed by atoms with Crippen LogP contribution in [0.25, 0.3) is 0 Å². The standard InChI is InChI=1S/C13H23N3O/c1-13(2,14)12-15-11(17-16-12)10-8-6-4-3-5-7-9-10/h10H,3-9,14H2,1-2H3. The Morgan fingerprint density at radius 3 is 2.24 bits per heavy atom. The highest BCUT2D eigenvalue weighted by Crippen LogP contribution is 2.30. The first-order valence-electron chi connectivity index (χ1n) is 6.70. The molecule has 1 fully saturated rings. The van der Waals surface area contributed by atoms with Gasteiger partial charge in [-0.05, 0) is 26.7 Å². The zero-order valence-corrected chi connectivity index (χ0v) is 10.9. The van der Waals surface area contributed by atoms with Gasteiger partial charge in [0, 0.05) is 5.92 Å². The van der Waals surface area contributed by atoms with E-state index in [9.17, 15) is 0 Å². The molecule has 0 aromatic carbocycles. The highest BCUT2D eigenvalue weighted by atomic mass is 16.5. The van der Waals surface area contributed by atoms with Crippen LogP contribution < -0.4 is 5.73 Å². The summed E-state index contributed by atoms with van der Waals surface area (Å²) in [6.07, 6.45) is 8.93. The van der Waals surface area contributed by atoms with Crippen molar-refractivity contribution in [3.63, 3.8) is 0 Å². The van der Waals surface area contributed by atoms with Crippen LogP contribution in [-0.2, 0) is 5.54 Å². The third kappa shape index (κ3) is 3.28. The molecule has 2 N–H and O–H groups in total. The second kappa shape index (κ2) is 5.17. The van der Waals surface area contributed by atoms with Gasteiger partial charge in [-0.3, -0.25) is 0 Å². The smallest absolute Gasteiger partial charge is 0.229 e. The topological polar surface area (TPSA) is 64.9 Å². The molecule has 1 aromatic heterocycles. The summed E-state index contributed by atoms with van der Waals surface area (Å²) in [5, 5.41) is 4.01. The van der Waals surface area contributed by atoms with Crippen molar-refractivity contribution in [3.8, 4) is 0 Å². The van der Waals surface area contributed by atoms with Gasteiger partial charge in [0.05, 0.1) is 5.54 Å². The molecule has 1 saturated carbocycles. The quantitative estimate of drug-likeness (QED) is 0.858. The van der Waals surface area contributed by atoms with Crippen LogP contribution in [-0.4, -0.2) is 10.1 Å². The molecular weight excluding hydrogens is 214 g/mol. The molecule has 0 saturated heterocycles. The van der Waals surface area contributed by atoms with Crippen LogP contribution in [0.3, 0.4) is 0 Å². The fraction of sp³-hybridized carbons (Fsp3) is 0.846. The molecule has 2 rings (SSSR count). The van der Waals surface area contributed by atoms with Crippen molar-refractivity contribution in [2.45, 2.75) is 70.3 Å². The molecule has 4 heteroatoms. The summed E-state index contributed by atoms with van der Waals surface area (Å²) < 4.78 is 5.39. The third-order valence-electron chi connectivity index (χ3n) is 3.47. The van der Waals surface area contributed by atoms with E-state index in [4.69, 9.17) is 10.3 Å². The number of aromatic nitrogens is 2. The van der Waals surface area contributed by atoms with E-state index in [1.165, 1.54) is 44.9 Å². The first kappa shape index (κ1) is 12.6. The normalized spacial score (nSPS) is 19.9. The molecule has 1 heterocycles. The molecule has 4 nitrogen and oxygen atoms in total. The predicted octanol–water partition coefficient (Wildman–Crippen LogP) is 3.09. The van der Waals surface area contributed by atoms with E-state index in [-0.39, 0.29) is 0 Å². The van der Waals surface area contributed by atoms with Crippen LogP contribution in [0.5, 0.6) is 0 Å². The van der Waals surface area contributed by atoms with Crippen LogP contribution in [0.1, 0.15) is 76.4 Å². The lowest BCUT2D eigenvalue weighted by molar-refractivity contribution is 0.316.